The van der Waals surface area contributed by atoms with E-state index in [9.17, 15) is 9.59 Å². The third kappa shape index (κ3) is 4.64. The molecule has 2 atom stereocenters. The maximum Gasteiger partial charge on any atom is 0.317 e. The van der Waals surface area contributed by atoms with Gasteiger partial charge in [-0.05, 0) is 13.8 Å². The number of carboxylic acid groups (broad SMARTS) is 1. The largest absolute Gasteiger partial charge is 0.481 e. The molecule has 0 aliphatic carbocycles. The average Bonchev–Trinajstić information content (AvgIpc) is 2.24. The first kappa shape index (κ1) is 14.2. The van der Waals surface area contributed by atoms with Crippen LogP contribution in [0, 0.1) is 17.2 Å². The number of nitriles is 1. The highest BCUT2D eigenvalue weighted by molar-refractivity contribution is 5.76. The van der Waals surface area contributed by atoms with Crippen LogP contribution < -0.4 is 5.32 Å². The van der Waals surface area contributed by atoms with E-state index in [-0.39, 0.29) is 12.5 Å². The SMILES string of the molecule is CC(NC(=O)N(C)CCC#N)C(C)C(=O)O. The molecule has 0 aromatic rings. The van der Waals surface area contributed by atoms with Gasteiger partial charge < -0.3 is 15.3 Å². The van der Waals surface area contributed by atoms with Crippen molar-refractivity contribution in [3.8, 4) is 6.07 Å². The minimum atomic E-state index is -0.951. The summed E-state index contributed by atoms with van der Waals surface area (Å²) in [7, 11) is 1.56. The fourth-order valence-corrected chi connectivity index (χ4v) is 0.963. The van der Waals surface area contributed by atoms with Crippen molar-refractivity contribution in [1.29, 1.82) is 5.26 Å². The van der Waals surface area contributed by atoms with Gasteiger partial charge in [0.05, 0.1) is 18.4 Å². The van der Waals surface area contributed by atoms with Crippen molar-refractivity contribution in [1.82, 2.24) is 10.2 Å². The number of carboxylic acids is 1. The molecule has 0 spiro atoms. The Balaban J connectivity index is 4.14. The molecule has 2 amide bonds. The Kier molecular flexibility index (Phi) is 5.93. The van der Waals surface area contributed by atoms with E-state index in [1.165, 1.54) is 11.8 Å². The first-order valence-electron chi connectivity index (χ1n) is 5.01. The second-order valence-corrected chi connectivity index (χ2v) is 3.69. The fraction of sp³-hybridized carbons (Fsp3) is 0.700. The Bertz CT molecular complexity index is 298. The number of aliphatic carboxylic acids is 1. The molecule has 0 aliphatic rings. The van der Waals surface area contributed by atoms with Gasteiger partial charge in [-0.25, -0.2) is 4.79 Å². The molecule has 0 saturated carbocycles. The molecule has 0 rings (SSSR count). The van der Waals surface area contributed by atoms with Crippen molar-refractivity contribution in [3.63, 3.8) is 0 Å². The van der Waals surface area contributed by atoms with Crippen molar-refractivity contribution >= 4 is 12.0 Å². The van der Waals surface area contributed by atoms with Gasteiger partial charge in [0.25, 0.3) is 0 Å². The summed E-state index contributed by atoms with van der Waals surface area (Å²) in [5, 5.41) is 19.7. The van der Waals surface area contributed by atoms with Gasteiger partial charge >= 0.3 is 12.0 Å². The summed E-state index contributed by atoms with van der Waals surface area (Å²) in [4.78, 5) is 23.5. The second-order valence-electron chi connectivity index (χ2n) is 3.69. The van der Waals surface area contributed by atoms with Crippen molar-refractivity contribution in [2.45, 2.75) is 26.3 Å². The molecular formula is C10H17N3O3. The third-order valence-corrected chi connectivity index (χ3v) is 2.40. The highest BCUT2D eigenvalue weighted by Crippen LogP contribution is 2.03. The summed E-state index contributed by atoms with van der Waals surface area (Å²) in [6.07, 6.45) is 0.257. The van der Waals surface area contributed by atoms with Gasteiger partial charge in [0.15, 0.2) is 0 Å². The molecule has 2 N–H and O–H groups in total. The lowest BCUT2D eigenvalue weighted by Gasteiger charge is -2.22. The van der Waals surface area contributed by atoms with E-state index in [1.807, 2.05) is 6.07 Å². The van der Waals surface area contributed by atoms with Crippen LogP contribution in [-0.4, -0.2) is 41.6 Å². The summed E-state index contributed by atoms with van der Waals surface area (Å²) < 4.78 is 0. The Hall–Kier alpha value is -1.77. The molecular weight excluding hydrogens is 210 g/mol. The smallest absolute Gasteiger partial charge is 0.317 e. The van der Waals surface area contributed by atoms with Crippen LogP contribution in [0.5, 0.6) is 0 Å². The number of hydrogen-bond acceptors (Lipinski definition) is 3. The first-order valence-corrected chi connectivity index (χ1v) is 5.01. The number of hydrogen-bond donors (Lipinski definition) is 2. The molecule has 90 valence electrons. The molecule has 0 aromatic heterocycles. The van der Waals surface area contributed by atoms with Gasteiger partial charge in [0.2, 0.25) is 0 Å². The standard InChI is InChI=1S/C10H17N3O3/c1-7(9(14)15)8(2)12-10(16)13(3)6-4-5-11/h7-8H,4,6H2,1-3H3,(H,12,16)(H,14,15). The zero-order valence-corrected chi connectivity index (χ0v) is 9.73. The van der Waals surface area contributed by atoms with E-state index in [0.717, 1.165) is 0 Å². The number of nitrogens with one attached hydrogen (secondary N) is 1. The molecule has 6 heteroatoms. The molecule has 0 fully saturated rings. The van der Waals surface area contributed by atoms with Crippen LogP contribution in [0.15, 0.2) is 0 Å². The Morgan fingerprint density at radius 3 is 2.50 bits per heavy atom. The highest BCUT2D eigenvalue weighted by Gasteiger charge is 2.21. The van der Waals surface area contributed by atoms with Gasteiger partial charge in [-0.2, -0.15) is 5.26 Å². The van der Waals surface area contributed by atoms with Crippen LogP contribution in [0.25, 0.3) is 0 Å². The van der Waals surface area contributed by atoms with Crippen LogP contribution in [0.2, 0.25) is 0 Å². The lowest BCUT2D eigenvalue weighted by Crippen LogP contribution is -2.46. The zero-order chi connectivity index (χ0) is 12.7. The van der Waals surface area contributed by atoms with Crippen LogP contribution in [0.4, 0.5) is 4.79 Å². The Morgan fingerprint density at radius 1 is 1.50 bits per heavy atom. The molecule has 0 saturated heterocycles. The summed E-state index contributed by atoms with van der Waals surface area (Å²) in [5.74, 6) is -1.60. The number of urea groups is 1. The van der Waals surface area contributed by atoms with E-state index >= 15 is 0 Å². The van der Waals surface area contributed by atoms with Crippen molar-refractivity contribution in [2.24, 2.45) is 5.92 Å². The lowest BCUT2D eigenvalue weighted by molar-refractivity contribution is -0.141. The van der Waals surface area contributed by atoms with Crippen molar-refractivity contribution < 1.29 is 14.7 Å². The summed E-state index contributed by atoms with van der Waals surface area (Å²) in [5.41, 5.74) is 0. The monoisotopic (exact) mass is 227 g/mol. The lowest BCUT2D eigenvalue weighted by atomic mass is 10.0. The molecule has 2 unspecified atom stereocenters. The van der Waals surface area contributed by atoms with Gasteiger partial charge in [0.1, 0.15) is 0 Å². The van der Waals surface area contributed by atoms with Gasteiger partial charge in [-0.15, -0.1) is 0 Å². The molecule has 0 aliphatic heterocycles. The molecule has 0 heterocycles. The quantitative estimate of drug-likeness (QED) is 0.721. The summed E-state index contributed by atoms with van der Waals surface area (Å²) >= 11 is 0. The van der Waals surface area contributed by atoms with Crippen LogP contribution in [-0.2, 0) is 4.79 Å². The first-order chi connectivity index (χ1) is 7.40. The average molecular weight is 227 g/mol. The molecule has 0 bridgehead atoms. The van der Waals surface area contributed by atoms with E-state index < -0.39 is 17.9 Å². The minimum absolute atomic E-state index is 0.257. The number of nitrogens with zero attached hydrogens (tertiary/aromatic N) is 2. The topological polar surface area (TPSA) is 93.4 Å². The number of carbonyl (C=O) groups excluding carboxylic acids is 1. The normalized spacial score (nSPS) is 13.4. The van der Waals surface area contributed by atoms with Crippen LogP contribution in [0.1, 0.15) is 20.3 Å². The molecule has 0 aromatic carbocycles. The Morgan fingerprint density at radius 2 is 2.06 bits per heavy atom. The summed E-state index contributed by atoms with van der Waals surface area (Å²) in [6.45, 7) is 3.49. The highest BCUT2D eigenvalue weighted by atomic mass is 16.4. The van der Waals surface area contributed by atoms with Crippen LogP contribution >= 0.6 is 0 Å². The van der Waals surface area contributed by atoms with Crippen molar-refractivity contribution in [3.05, 3.63) is 0 Å². The third-order valence-electron chi connectivity index (χ3n) is 2.40. The predicted molar refractivity (Wildman–Crippen MR) is 57.7 cm³/mol. The van der Waals surface area contributed by atoms with Gasteiger partial charge in [-0.3, -0.25) is 4.79 Å². The van der Waals surface area contributed by atoms with Crippen LogP contribution in [0.3, 0.4) is 0 Å². The van der Waals surface area contributed by atoms with E-state index in [2.05, 4.69) is 5.32 Å². The minimum Gasteiger partial charge on any atom is -0.481 e. The second kappa shape index (κ2) is 6.67. The van der Waals surface area contributed by atoms with Gasteiger partial charge in [-0.1, -0.05) is 0 Å². The molecule has 0 radical (unpaired) electrons. The summed E-state index contributed by atoms with van der Waals surface area (Å²) in [6, 6.07) is 1.12. The number of carbonyl (C=O) groups is 2. The van der Waals surface area contributed by atoms with E-state index in [1.54, 1.807) is 14.0 Å². The van der Waals surface area contributed by atoms with E-state index in [0.29, 0.717) is 6.54 Å². The molecule has 6 nitrogen and oxygen atoms in total. The molecule has 16 heavy (non-hydrogen) atoms. The van der Waals surface area contributed by atoms with Crippen molar-refractivity contribution in [2.75, 3.05) is 13.6 Å². The predicted octanol–water partition coefficient (Wildman–Crippen LogP) is 0.651. The maximum atomic E-state index is 11.5. The number of amides is 2. The fourth-order valence-electron chi connectivity index (χ4n) is 0.963. The Labute approximate surface area is 94.8 Å². The number of rotatable bonds is 5. The van der Waals surface area contributed by atoms with E-state index in [4.69, 9.17) is 10.4 Å². The maximum absolute atomic E-state index is 11.5. The van der Waals surface area contributed by atoms with Gasteiger partial charge in [0, 0.05) is 19.6 Å². The zero-order valence-electron chi connectivity index (χ0n) is 9.73.